The molecule has 0 saturated heterocycles. The van der Waals surface area contributed by atoms with Gasteiger partial charge in [-0.3, -0.25) is 10.2 Å². The molecule has 1 heterocycles. The van der Waals surface area contributed by atoms with Crippen LogP contribution in [0.5, 0.6) is 0 Å². The SMILES string of the molecule is NC(=O)NNC(=O)c1ncncc1Br. The molecule has 0 spiro atoms. The molecule has 0 fully saturated rings. The number of halogens is 1. The second kappa shape index (κ2) is 4.51. The number of aromatic nitrogens is 2. The molecule has 4 N–H and O–H groups in total. The minimum Gasteiger partial charge on any atom is -0.350 e. The zero-order valence-corrected chi connectivity index (χ0v) is 8.41. The van der Waals surface area contributed by atoms with Crippen LogP contribution in [-0.2, 0) is 0 Å². The Balaban J connectivity index is 2.70. The van der Waals surface area contributed by atoms with Gasteiger partial charge in [0.15, 0.2) is 0 Å². The molecule has 0 aromatic carbocycles. The Morgan fingerprint density at radius 3 is 2.71 bits per heavy atom. The van der Waals surface area contributed by atoms with Crippen molar-refractivity contribution >= 4 is 27.9 Å². The van der Waals surface area contributed by atoms with E-state index < -0.39 is 11.9 Å². The fourth-order valence-electron chi connectivity index (χ4n) is 0.657. The van der Waals surface area contributed by atoms with Gasteiger partial charge in [0.25, 0.3) is 5.91 Å². The molecule has 0 radical (unpaired) electrons. The molecule has 0 aliphatic heterocycles. The van der Waals surface area contributed by atoms with Crippen molar-refractivity contribution in [2.75, 3.05) is 0 Å². The van der Waals surface area contributed by atoms with Crippen LogP contribution in [0.15, 0.2) is 17.0 Å². The van der Waals surface area contributed by atoms with Gasteiger partial charge >= 0.3 is 6.03 Å². The number of hydrogen-bond donors (Lipinski definition) is 3. The lowest BCUT2D eigenvalue weighted by molar-refractivity contribution is 0.0931. The Morgan fingerprint density at radius 1 is 1.43 bits per heavy atom. The van der Waals surface area contributed by atoms with Crippen molar-refractivity contribution in [2.24, 2.45) is 5.73 Å². The van der Waals surface area contributed by atoms with Crippen LogP contribution < -0.4 is 16.6 Å². The van der Waals surface area contributed by atoms with E-state index in [-0.39, 0.29) is 5.69 Å². The molecule has 0 bridgehead atoms. The lowest BCUT2D eigenvalue weighted by atomic mass is 10.4. The molecule has 14 heavy (non-hydrogen) atoms. The highest BCUT2D eigenvalue weighted by atomic mass is 79.9. The number of carbonyl (C=O) groups excluding carboxylic acids is 2. The summed E-state index contributed by atoms with van der Waals surface area (Å²) >= 11 is 3.07. The van der Waals surface area contributed by atoms with Crippen molar-refractivity contribution in [3.8, 4) is 0 Å². The van der Waals surface area contributed by atoms with Crippen LogP contribution >= 0.6 is 15.9 Å². The third-order valence-electron chi connectivity index (χ3n) is 1.18. The second-order valence-electron chi connectivity index (χ2n) is 2.16. The van der Waals surface area contributed by atoms with Gasteiger partial charge in [0.2, 0.25) is 0 Å². The summed E-state index contributed by atoms with van der Waals surface area (Å²) < 4.78 is 0.420. The normalized spacial score (nSPS) is 9.21. The molecule has 3 amide bonds. The van der Waals surface area contributed by atoms with Crippen LogP contribution in [0.3, 0.4) is 0 Å². The van der Waals surface area contributed by atoms with Gasteiger partial charge in [-0.2, -0.15) is 0 Å². The van der Waals surface area contributed by atoms with Gasteiger partial charge in [-0.05, 0) is 15.9 Å². The van der Waals surface area contributed by atoms with Crippen molar-refractivity contribution < 1.29 is 9.59 Å². The van der Waals surface area contributed by atoms with Crippen LogP contribution in [-0.4, -0.2) is 21.9 Å². The van der Waals surface area contributed by atoms with Crippen molar-refractivity contribution in [1.82, 2.24) is 20.8 Å². The summed E-state index contributed by atoms with van der Waals surface area (Å²) in [5.74, 6) is -0.585. The van der Waals surface area contributed by atoms with Crippen LogP contribution in [0.2, 0.25) is 0 Å². The molecule has 1 aromatic heterocycles. The molecular weight excluding hydrogens is 254 g/mol. The molecule has 0 saturated carbocycles. The fraction of sp³-hybridized carbons (Fsp3) is 0. The molecule has 0 aliphatic rings. The third kappa shape index (κ3) is 2.66. The third-order valence-corrected chi connectivity index (χ3v) is 1.76. The van der Waals surface area contributed by atoms with Crippen LogP contribution in [0.1, 0.15) is 10.5 Å². The molecule has 74 valence electrons. The number of carbonyl (C=O) groups is 2. The van der Waals surface area contributed by atoms with Crippen LogP contribution in [0.4, 0.5) is 4.79 Å². The first-order valence-electron chi connectivity index (χ1n) is 3.42. The van der Waals surface area contributed by atoms with Crippen molar-refractivity contribution in [3.05, 3.63) is 22.7 Å². The number of nitrogens with zero attached hydrogens (tertiary/aromatic N) is 2. The van der Waals surface area contributed by atoms with E-state index in [0.29, 0.717) is 4.47 Å². The lowest BCUT2D eigenvalue weighted by Gasteiger charge is -2.04. The first-order valence-corrected chi connectivity index (χ1v) is 4.22. The highest BCUT2D eigenvalue weighted by Crippen LogP contribution is 2.10. The Hall–Kier alpha value is -1.70. The minimum atomic E-state index is -0.858. The average Bonchev–Trinajstić information content (AvgIpc) is 2.15. The van der Waals surface area contributed by atoms with E-state index in [2.05, 4.69) is 31.3 Å². The predicted octanol–water partition coefficient (Wildman–Crippen LogP) is -0.448. The zero-order chi connectivity index (χ0) is 10.6. The smallest absolute Gasteiger partial charge is 0.330 e. The van der Waals surface area contributed by atoms with Gasteiger partial charge < -0.3 is 5.73 Å². The number of primary amides is 1. The number of amides is 3. The Kier molecular flexibility index (Phi) is 3.35. The van der Waals surface area contributed by atoms with Gasteiger partial charge in [0.05, 0.1) is 4.47 Å². The van der Waals surface area contributed by atoms with Gasteiger partial charge in [-0.1, -0.05) is 0 Å². The molecular formula is C6H6BrN5O2. The fourth-order valence-corrected chi connectivity index (χ4v) is 1.06. The maximum atomic E-state index is 11.3. The zero-order valence-electron chi connectivity index (χ0n) is 6.82. The molecule has 0 unspecified atom stereocenters. The largest absolute Gasteiger partial charge is 0.350 e. The Morgan fingerprint density at radius 2 is 2.14 bits per heavy atom. The van der Waals surface area contributed by atoms with E-state index in [9.17, 15) is 9.59 Å². The standard InChI is InChI=1S/C6H6BrN5O2/c7-3-1-9-2-10-4(3)5(13)11-12-6(8)14/h1-2H,(H,11,13)(H3,8,12,14). The van der Waals surface area contributed by atoms with Gasteiger partial charge in [-0.15, -0.1) is 0 Å². The van der Waals surface area contributed by atoms with E-state index >= 15 is 0 Å². The highest BCUT2D eigenvalue weighted by Gasteiger charge is 2.10. The molecule has 0 aliphatic carbocycles. The molecule has 1 aromatic rings. The summed E-state index contributed by atoms with van der Waals surface area (Å²) in [5, 5.41) is 0. The summed E-state index contributed by atoms with van der Waals surface area (Å²) in [4.78, 5) is 28.9. The molecule has 7 nitrogen and oxygen atoms in total. The van der Waals surface area contributed by atoms with Crippen LogP contribution in [0, 0.1) is 0 Å². The monoisotopic (exact) mass is 259 g/mol. The maximum Gasteiger partial charge on any atom is 0.330 e. The molecule has 0 atom stereocenters. The number of hydrogen-bond acceptors (Lipinski definition) is 4. The second-order valence-corrected chi connectivity index (χ2v) is 3.02. The van der Waals surface area contributed by atoms with Crippen LogP contribution in [0.25, 0.3) is 0 Å². The molecule has 8 heteroatoms. The highest BCUT2D eigenvalue weighted by molar-refractivity contribution is 9.10. The average molecular weight is 260 g/mol. The lowest BCUT2D eigenvalue weighted by Crippen LogP contribution is -2.44. The van der Waals surface area contributed by atoms with Gasteiger partial charge in [0.1, 0.15) is 12.0 Å². The summed E-state index contributed by atoms with van der Waals surface area (Å²) in [6.45, 7) is 0. The van der Waals surface area contributed by atoms with E-state index in [1.807, 2.05) is 5.43 Å². The summed E-state index contributed by atoms with van der Waals surface area (Å²) in [6.07, 6.45) is 2.62. The van der Waals surface area contributed by atoms with Gasteiger partial charge in [-0.25, -0.2) is 20.2 Å². The number of rotatable bonds is 1. The van der Waals surface area contributed by atoms with Crippen molar-refractivity contribution in [1.29, 1.82) is 0 Å². The number of urea groups is 1. The Bertz CT molecular complexity index is 369. The first kappa shape index (κ1) is 10.4. The van der Waals surface area contributed by atoms with E-state index in [1.165, 1.54) is 12.5 Å². The molecule has 1 rings (SSSR count). The van der Waals surface area contributed by atoms with E-state index in [4.69, 9.17) is 5.73 Å². The topological polar surface area (TPSA) is 110 Å². The van der Waals surface area contributed by atoms with Crippen molar-refractivity contribution in [2.45, 2.75) is 0 Å². The number of nitrogens with one attached hydrogen (secondary N) is 2. The first-order chi connectivity index (χ1) is 6.61. The number of nitrogens with two attached hydrogens (primary N) is 1. The van der Waals surface area contributed by atoms with Gasteiger partial charge in [0, 0.05) is 6.20 Å². The van der Waals surface area contributed by atoms with E-state index in [1.54, 1.807) is 0 Å². The number of hydrazine groups is 1. The minimum absolute atomic E-state index is 0.105. The van der Waals surface area contributed by atoms with Crippen molar-refractivity contribution in [3.63, 3.8) is 0 Å². The maximum absolute atomic E-state index is 11.3. The summed E-state index contributed by atoms with van der Waals surface area (Å²) in [6, 6.07) is -0.858. The predicted molar refractivity (Wildman–Crippen MR) is 49.9 cm³/mol. The summed E-state index contributed by atoms with van der Waals surface area (Å²) in [5.41, 5.74) is 8.84. The Labute approximate surface area is 87.2 Å². The quantitative estimate of drug-likeness (QED) is 0.594. The van der Waals surface area contributed by atoms with E-state index in [0.717, 1.165) is 0 Å². The summed E-state index contributed by atoms with van der Waals surface area (Å²) in [7, 11) is 0.